The van der Waals surface area contributed by atoms with Gasteiger partial charge in [0, 0.05) is 12.2 Å². The van der Waals surface area contributed by atoms with E-state index in [1.807, 2.05) is 37.3 Å². The van der Waals surface area contributed by atoms with E-state index in [2.05, 4.69) is 6.92 Å². The molecule has 0 aliphatic carbocycles. The molecule has 1 unspecified atom stereocenters. The van der Waals surface area contributed by atoms with E-state index >= 15 is 0 Å². The lowest BCUT2D eigenvalue weighted by Gasteiger charge is -2.15. The second-order valence-corrected chi connectivity index (χ2v) is 4.95. The topological polar surface area (TPSA) is 52.6 Å². The van der Waals surface area contributed by atoms with Crippen LogP contribution in [0.15, 0.2) is 42.5 Å². The first-order valence-corrected chi connectivity index (χ1v) is 7.77. The average Bonchev–Trinajstić information content (AvgIpc) is 2.55. The normalized spacial score (nSPS) is 12.1. The maximum atomic E-state index is 11.7. The van der Waals surface area contributed by atoms with Crippen LogP contribution in [-0.4, -0.2) is 18.5 Å². The lowest BCUT2D eigenvalue weighted by molar-refractivity contribution is -0.144. The smallest absolute Gasteiger partial charge is 0.331 e. The average molecular weight is 304 g/mol. The van der Waals surface area contributed by atoms with E-state index in [0.717, 1.165) is 37.0 Å². The van der Waals surface area contributed by atoms with Crippen molar-refractivity contribution >= 4 is 11.9 Å². The van der Waals surface area contributed by atoms with Crippen molar-refractivity contribution in [2.24, 2.45) is 0 Å². The molecule has 0 fully saturated rings. The van der Waals surface area contributed by atoms with E-state index < -0.39 is 11.9 Å². The highest BCUT2D eigenvalue weighted by Gasteiger charge is 2.13. The van der Waals surface area contributed by atoms with Gasteiger partial charge in [0.1, 0.15) is 6.10 Å². The number of hydrogen-bond donors (Lipinski definition) is 0. The Kier molecular flexibility index (Phi) is 8.65. The molecule has 0 aliphatic heterocycles. The standard InChI is InChI=1S/C18H24O4/c1-3-5-9-14-21-17(19)12-13-18(20)22-16(4-2)15-10-7-6-8-11-15/h6-8,10-13,16H,3-5,9,14H2,1-2H3/b13-12+. The highest BCUT2D eigenvalue weighted by Crippen LogP contribution is 2.20. The lowest BCUT2D eigenvalue weighted by Crippen LogP contribution is -2.09. The van der Waals surface area contributed by atoms with Crippen molar-refractivity contribution in [2.75, 3.05) is 6.61 Å². The van der Waals surface area contributed by atoms with Crippen LogP contribution in [0.3, 0.4) is 0 Å². The summed E-state index contributed by atoms with van der Waals surface area (Å²) in [4.78, 5) is 23.2. The Morgan fingerprint density at radius 1 is 1.05 bits per heavy atom. The minimum atomic E-state index is -0.541. The molecule has 4 nitrogen and oxygen atoms in total. The van der Waals surface area contributed by atoms with Crippen LogP contribution in [0.2, 0.25) is 0 Å². The summed E-state index contributed by atoms with van der Waals surface area (Å²) in [6.07, 6.45) is 5.53. The minimum absolute atomic E-state index is 0.307. The van der Waals surface area contributed by atoms with Gasteiger partial charge in [-0.3, -0.25) is 0 Å². The number of benzene rings is 1. The van der Waals surface area contributed by atoms with E-state index in [1.54, 1.807) is 0 Å². The van der Waals surface area contributed by atoms with Crippen molar-refractivity contribution in [1.82, 2.24) is 0 Å². The molecule has 0 saturated carbocycles. The lowest BCUT2D eigenvalue weighted by atomic mass is 10.1. The monoisotopic (exact) mass is 304 g/mol. The summed E-state index contributed by atoms with van der Waals surface area (Å²) in [5, 5.41) is 0. The maximum Gasteiger partial charge on any atom is 0.331 e. The molecule has 1 rings (SSSR count). The van der Waals surface area contributed by atoms with E-state index in [-0.39, 0.29) is 6.10 Å². The first-order chi connectivity index (χ1) is 10.7. The summed E-state index contributed by atoms with van der Waals surface area (Å²) in [7, 11) is 0. The third-order valence-corrected chi connectivity index (χ3v) is 3.15. The molecule has 1 aromatic carbocycles. The zero-order chi connectivity index (χ0) is 16.2. The fourth-order valence-corrected chi connectivity index (χ4v) is 1.94. The van der Waals surface area contributed by atoms with Gasteiger partial charge in [-0.2, -0.15) is 0 Å². The molecule has 1 atom stereocenters. The Morgan fingerprint density at radius 3 is 2.36 bits per heavy atom. The van der Waals surface area contributed by atoms with Crippen molar-refractivity contribution in [1.29, 1.82) is 0 Å². The van der Waals surface area contributed by atoms with Crippen LogP contribution in [0, 0.1) is 0 Å². The van der Waals surface area contributed by atoms with Crippen LogP contribution >= 0.6 is 0 Å². The van der Waals surface area contributed by atoms with Crippen LogP contribution in [0.5, 0.6) is 0 Å². The highest BCUT2D eigenvalue weighted by atomic mass is 16.5. The van der Waals surface area contributed by atoms with Gasteiger partial charge in [0.2, 0.25) is 0 Å². The zero-order valence-electron chi connectivity index (χ0n) is 13.3. The molecule has 0 aromatic heterocycles. The Morgan fingerprint density at radius 2 is 1.73 bits per heavy atom. The molecule has 0 N–H and O–H groups in total. The predicted molar refractivity (Wildman–Crippen MR) is 85.2 cm³/mol. The number of carbonyl (C=O) groups excluding carboxylic acids is 2. The van der Waals surface area contributed by atoms with Crippen molar-refractivity contribution in [2.45, 2.75) is 45.6 Å². The number of carbonyl (C=O) groups is 2. The fraction of sp³-hybridized carbons (Fsp3) is 0.444. The van der Waals surface area contributed by atoms with Gasteiger partial charge in [-0.1, -0.05) is 57.0 Å². The maximum absolute atomic E-state index is 11.7. The largest absolute Gasteiger partial charge is 0.463 e. The number of ether oxygens (including phenoxy) is 2. The van der Waals surface area contributed by atoms with Gasteiger partial charge in [0.25, 0.3) is 0 Å². The number of hydrogen-bond acceptors (Lipinski definition) is 4. The molecular formula is C18H24O4. The Hall–Kier alpha value is -2.10. The molecule has 0 amide bonds. The third-order valence-electron chi connectivity index (χ3n) is 3.15. The third kappa shape index (κ3) is 7.07. The molecule has 4 heteroatoms. The molecule has 0 aliphatic rings. The second kappa shape index (κ2) is 10.6. The van der Waals surface area contributed by atoms with Gasteiger partial charge in [-0.25, -0.2) is 9.59 Å². The van der Waals surface area contributed by atoms with E-state index in [1.165, 1.54) is 0 Å². The first-order valence-electron chi connectivity index (χ1n) is 7.77. The predicted octanol–water partition coefficient (Wildman–Crippen LogP) is 3.97. The summed E-state index contributed by atoms with van der Waals surface area (Å²) < 4.78 is 10.3. The van der Waals surface area contributed by atoms with Crippen LogP contribution < -0.4 is 0 Å². The highest BCUT2D eigenvalue weighted by molar-refractivity contribution is 5.91. The number of unbranched alkanes of at least 4 members (excludes halogenated alkanes) is 2. The number of esters is 2. The van der Waals surface area contributed by atoms with E-state index in [0.29, 0.717) is 13.0 Å². The van der Waals surface area contributed by atoms with Crippen LogP contribution in [-0.2, 0) is 19.1 Å². The molecule has 0 heterocycles. The van der Waals surface area contributed by atoms with Gasteiger partial charge in [-0.15, -0.1) is 0 Å². The Labute approximate surface area is 132 Å². The van der Waals surface area contributed by atoms with Gasteiger partial charge in [-0.05, 0) is 18.4 Å². The van der Waals surface area contributed by atoms with Crippen molar-refractivity contribution in [3.05, 3.63) is 48.0 Å². The number of rotatable bonds is 9. The van der Waals surface area contributed by atoms with Gasteiger partial charge < -0.3 is 9.47 Å². The van der Waals surface area contributed by atoms with Crippen LogP contribution in [0.25, 0.3) is 0 Å². The second-order valence-electron chi connectivity index (χ2n) is 4.95. The van der Waals surface area contributed by atoms with Gasteiger partial charge >= 0.3 is 11.9 Å². The van der Waals surface area contributed by atoms with Gasteiger partial charge in [0.05, 0.1) is 6.61 Å². The molecular weight excluding hydrogens is 280 g/mol. The van der Waals surface area contributed by atoms with Crippen LogP contribution in [0.4, 0.5) is 0 Å². The summed E-state index contributed by atoms with van der Waals surface area (Å²) in [5.41, 5.74) is 0.939. The minimum Gasteiger partial charge on any atom is -0.463 e. The van der Waals surface area contributed by atoms with Crippen LogP contribution in [0.1, 0.15) is 51.2 Å². The van der Waals surface area contributed by atoms with E-state index in [4.69, 9.17) is 9.47 Å². The molecule has 0 bridgehead atoms. The molecule has 0 saturated heterocycles. The van der Waals surface area contributed by atoms with Crippen molar-refractivity contribution in [3.8, 4) is 0 Å². The van der Waals surface area contributed by atoms with E-state index in [9.17, 15) is 9.59 Å². The SMILES string of the molecule is CCCCCOC(=O)/C=C/C(=O)OC(CC)c1ccccc1. The summed E-state index contributed by atoms with van der Waals surface area (Å²) in [5.74, 6) is -1.05. The molecule has 0 spiro atoms. The fourth-order valence-electron chi connectivity index (χ4n) is 1.94. The Bertz CT molecular complexity index is 479. The van der Waals surface area contributed by atoms with Gasteiger partial charge in [0.15, 0.2) is 0 Å². The zero-order valence-corrected chi connectivity index (χ0v) is 13.3. The quantitative estimate of drug-likeness (QED) is 0.393. The Balaban J connectivity index is 2.40. The summed E-state index contributed by atoms with van der Waals surface area (Å²) in [6.45, 7) is 4.40. The molecule has 0 radical (unpaired) electrons. The summed E-state index contributed by atoms with van der Waals surface area (Å²) in [6, 6.07) is 9.53. The molecule has 1 aromatic rings. The van der Waals surface area contributed by atoms with Crippen molar-refractivity contribution < 1.29 is 19.1 Å². The summed E-state index contributed by atoms with van der Waals surface area (Å²) >= 11 is 0. The molecule has 22 heavy (non-hydrogen) atoms. The van der Waals surface area contributed by atoms with Crippen molar-refractivity contribution in [3.63, 3.8) is 0 Å². The molecule has 120 valence electrons. The first kappa shape index (κ1) is 18.0.